The van der Waals surface area contributed by atoms with Crippen LogP contribution < -0.4 is 15.4 Å². The van der Waals surface area contributed by atoms with E-state index in [-0.39, 0.29) is 30.1 Å². The van der Waals surface area contributed by atoms with Gasteiger partial charge in [0.2, 0.25) is 0 Å². The molecule has 6 heteroatoms. The number of benzene rings is 2. The van der Waals surface area contributed by atoms with Crippen LogP contribution in [0, 0.1) is 5.82 Å². The topological polar surface area (TPSA) is 70.6 Å². The molecule has 1 unspecified atom stereocenters. The van der Waals surface area contributed by atoms with Gasteiger partial charge in [0.05, 0.1) is 6.61 Å². The molecular formula is C18H21FN2O3. The van der Waals surface area contributed by atoms with Crippen LogP contribution in [0.3, 0.4) is 0 Å². The van der Waals surface area contributed by atoms with Crippen LogP contribution in [0.1, 0.15) is 17.3 Å². The molecule has 1 amide bonds. The van der Waals surface area contributed by atoms with Gasteiger partial charge in [0, 0.05) is 23.8 Å². The average Bonchev–Trinajstić information content (AvgIpc) is 2.60. The molecular weight excluding hydrogens is 311 g/mol. The second-order valence-electron chi connectivity index (χ2n) is 5.34. The maximum Gasteiger partial charge on any atom is 0.251 e. The average molecular weight is 332 g/mol. The number of hydrogen-bond donors (Lipinski definition) is 3. The number of nitrogens with one attached hydrogen (secondary N) is 2. The van der Waals surface area contributed by atoms with Crippen molar-refractivity contribution >= 4 is 11.6 Å². The molecule has 0 radical (unpaired) electrons. The Morgan fingerprint density at radius 2 is 1.92 bits per heavy atom. The lowest BCUT2D eigenvalue weighted by molar-refractivity contribution is 0.0922. The molecule has 0 aliphatic carbocycles. The Kier molecular flexibility index (Phi) is 6.57. The molecule has 0 fully saturated rings. The normalized spacial score (nSPS) is 11.6. The second kappa shape index (κ2) is 8.88. The van der Waals surface area contributed by atoms with E-state index in [0.29, 0.717) is 18.7 Å². The molecule has 0 aliphatic rings. The number of anilines is 1. The van der Waals surface area contributed by atoms with E-state index in [4.69, 9.17) is 9.84 Å². The van der Waals surface area contributed by atoms with E-state index in [1.54, 1.807) is 49.4 Å². The minimum absolute atomic E-state index is 0.104. The highest BCUT2D eigenvalue weighted by Gasteiger charge is 2.08. The van der Waals surface area contributed by atoms with Crippen LogP contribution in [-0.2, 0) is 0 Å². The van der Waals surface area contributed by atoms with Crippen LogP contribution in [0.5, 0.6) is 5.75 Å². The van der Waals surface area contributed by atoms with Gasteiger partial charge < -0.3 is 20.5 Å². The lowest BCUT2D eigenvalue weighted by Crippen LogP contribution is -2.34. The highest BCUT2D eigenvalue weighted by atomic mass is 19.1. The number of carbonyl (C=O) groups excluding carboxylic acids is 1. The molecule has 1 atom stereocenters. The summed E-state index contributed by atoms with van der Waals surface area (Å²) in [5, 5.41) is 14.7. The van der Waals surface area contributed by atoms with Crippen molar-refractivity contribution in [3.63, 3.8) is 0 Å². The van der Waals surface area contributed by atoms with Crippen molar-refractivity contribution < 1.29 is 19.0 Å². The van der Waals surface area contributed by atoms with Crippen LogP contribution in [0.4, 0.5) is 10.1 Å². The number of ether oxygens (including phenoxy) is 1. The lowest BCUT2D eigenvalue weighted by Gasteiger charge is -2.12. The molecule has 0 aliphatic heterocycles. The Labute approximate surface area is 140 Å². The van der Waals surface area contributed by atoms with Crippen molar-refractivity contribution in [1.82, 2.24) is 5.32 Å². The fourth-order valence-electron chi connectivity index (χ4n) is 2.01. The van der Waals surface area contributed by atoms with Gasteiger partial charge >= 0.3 is 0 Å². The predicted molar refractivity (Wildman–Crippen MR) is 90.8 cm³/mol. The van der Waals surface area contributed by atoms with E-state index in [1.807, 2.05) is 0 Å². The Hall–Kier alpha value is -2.60. The molecule has 3 N–H and O–H groups in total. The Morgan fingerprint density at radius 1 is 1.21 bits per heavy atom. The fraction of sp³-hybridized carbons (Fsp3) is 0.278. The van der Waals surface area contributed by atoms with E-state index < -0.39 is 0 Å². The second-order valence-corrected chi connectivity index (χ2v) is 5.34. The summed E-state index contributed by atoms with van der Waals surface area (Å²) in [6.07, 6.45) is 0. The van der Waals surface area contributed by atoms with Gasteiger partial charge in [-0.05, 0) is 43.3 Å². The predicted octanol–water partition coefficient (Wildman–Crippen LogP) is 2.43. The quantitative estimate of drug-likeness (QED) is 0.649. The van der Waals surface area contributed by atoms with Gasteiger partial charge in [0.1, 0.15) is 6.61 Å². The van der Waals surface area contributed by atoms with Crippen molar-refractivity contribution in [3.05, 3.63) is 59.9 Å². The van der Waals surface area contributed by atoms with Gasteiger partial charge in [-0.3, -0.25) is 4.79 Å². The summed E-state index contributed by atoms with van der Waals surface area (Å²) in [5.41, 5.74) is 1.35. The molecule has 24 heavy (non-hydrogen) atoms. The molecule has 0 aromatic heterocycles. The molecule has 2 rings (SSSR count). The zero-order valence-corrected chi connectivity index (χ0v) is 13.5. The van der Waals surface area contributed by atoms with Crippen molar-refractivity contribution in [2.24, 2.45) is 0 Å². The number of halogens is 1. The molecule has 0 heterocycles. The number of hydrogen-bond acceptors (Lipinski definition) is 4. The SMILES string of the molecule is CC(CO)NC(=O)c1ccc(NCCOc2ccccc2F)cc1. The van der Waals surface area contributed by atoms with E-state index in [1.165, 1.54) is 6.07 Å². The molecule has 0 saturated carbocycles. The minimum atomic E-state index is -0.384. The largest absolute Gasteiger partial charge is 0.489 e. The van der Waals surface area contributed by atoms with Gasteiger partial charge in [-0.15, -0.1) is 0 Å². The van der Waals surface area contributed by atoms with Crippen LogP contribution in [0.2, 0.25) is 0 Å². The van der Waals surface area contributed by atoms with E-state index in [2.05, 4.69) is 10.6 Å². The van der Waals surface area contributed by atoms with Crippen molar-refractivity contribution in [2.45, 2.75) is 13.0 Å². The summed E-state index contributed by atoms with van der Waals surface area (Å²) in [6.45, 7) is 2.44. The smallest absolute Gasteiger partial charge is 0.251 e. The molecule has 2 aromatic carbocycles. The summed E-state index contributed by atoms with van der Waals surface area (Å²) in [4.78, 5) is 11.9. The van der Waals surface area contributed by atoms with Crippen LogP contribution >= 0.6 is 0 Å². The maximum absolute atomic E-state index is 13.4. The van der Waals surface area contributed by atoms with Crippen LogP contribution in [0.15, 0.2) is 48.5 Å². The molecule has 128 valence electrons. The first-order valence-corrected chi connectivity index (χ1v) is 7.73. The number of aliphatic hydroxyl groups excluding tert-OH is 1. The Morgan fingerprint density at radius 3 is 2.58 bits per heavy atom. The minimum Gasteiger partial charge on any atom is -0.489 e. The third-order valence-corrected chi connectivity index (χ3v) is 3.32. The highest BCUT2D eigenvalue weighted by molar-refractivity contribution is 5.94. The zero-order chi connectivity index (χ0) is 17.4. The monoisotopic (exact) mass is 332 g/mol. The summed E-state index contributed by atoms with van der Waals surface area (Å²) < 4.78 is 18.7. The summed E-state index contributed by atoms with van der Waals surface area (Å²) in [7, 11) is 0. The molecule has 2 aromatic rings. The number of para-hydroxylation sites is 1. The highest BCUT2D eigenvalue weighted by Crippen LogP contribution is 2.15. The Balaban J connectivity index is 1.78. The summed E-state index contributed by atoms with van der Waals surface area (Å²) >= 11 is 0. The first kappa shape index (κ1) is 17.7. The lowest BCUT2D eigenvalue weighted by atomic mass is 10.2. The fourth-order valence-corrected chi connectivity index (χ4v) is 2.01. The van der Waals surface area contributed by atoms with E-state index in [0.717, 1.165) is 5.69 Å². The van der Waals surface area contributed by atoms with Crippen molar-refractivity contribution in [2.75, 3.05) is 25.1 Å². The zero-order valence-electron chi connectivity index (χ0n) is 13.5. The number of amides is 1. The van der Waals surface area contributed by atoms with Gasteiger partial charge in [-0.1, -0.05) is 12.1 Å². The van der Waals surface area contributed by atoms with Crippen molar-refractivity contribution in [3.8, 4) is 5.75 Å². The third kappa shape index (κ3) is 5.24. The molecule has 0 spiro atoms. The molecule has 5 nitrogen and oxygen atoms in total. The number of rotatable bonds is 8. The van der Waals surface area contributed by atoms with Crippen LogP contribution in [-0.4, -0.2) is 36.8 Å². The Bertz CT molecular complexity index is 662. The van der Waals surface area contributed by atoms with Crippen LogP contribution in [0.25, 0.3) is 0 Å². The molecule has 0 bridgehead atoms. The van der Waals surface area contributed by atoms with Gasteiger partial charge in [-0.25, -0.2) is 4.39 Å². The van der Waals surface area contributed by atoms with Crippen molar-refractivity contribution in [1.29, 1.82) is 0 Å². The van der Waals surface area contributed by atoms with Gasteiger partial charge in [-0.2, -0.15) is 0 Å². The van der Waals surface area contributed by atoms with E-state index >= 15 is 0 Å². The molecule has 0 saturated heterocycles. The first-order valence-electron chi connectivity index (χ1n) is 7.73. The third-order valence-electron chi connectivity index (χ3n) is 3.32. The first-order chi connectivity index (χ1) is 11.6. The number of carbonyl (C=O) groups is 1. The van der Waals surface area contributed by atoms with Gasteiger partial charge in [0.15, 0.2) is 11.6 Å². The maximum atomic E-state index is 13.4. The summed E-state index contributed by atoms with van der Waals surface area (Å²) in [5.74, 6) is -0.389. The standard InChI is InChI=1S/C18H21FN2O3/c1-13(12-22)21-18(23)14-6-8-15(9-7-14)20-10-11-24-17-5-3-2-4-16(17)19/h2-9,13,20,22H,10-12H2,1H3,(H,21,23). The summed E-state index contributed by atoms with van der Waals surface area (Å²) in [6, 6.07) is 12.9. The van der Waals surface area contributed by atoms with Gasteiger partial charge in [0.25, 0.3) is 5.91 Å². The van der Waals surface area contributed by atoms with E-state index in [9.17, 15) is 9.18 Å². The number of aliphatic hydroxyl groups is 1.